The molecule has 0 radical (unpaired) electrons. The predicted molar refractivity (Wildman–Crippen MR) is 126 cm³/mol. The number of anilines is 1. The summed E-state index contributed by atoms with van der Waals surface area (Å²) < 4.78 is 7.68. The average molecular weight is 425 g/mol. The monoisotopic (exact) mass is 424 g/mol. The summed E-state index contributed by atoms with van der Waals surface area (Å²) in [5, 5.41) is 7.49. The van der Waals surface area contributed by atoms with E-state index in [1.54, 1.807) is 24.5 Å². The number of pyridine rings is 1. The number of carbonyl (C=O) groups is 1. The Hall–Kier alpha value is -4.19. The van der Waals surface area contributed by atoms with Crippen molar-refractivity contribution in [3.8, 4) is 11.4 Å². The second-order valence-electron chi connectivity index (χ2n) is 7.33. The molecule has 0 fully saturated rings. The molecule has 1 N–H and O–H groups in total. The third-order valence-electron chi connectivity index (χ3n) is 4.98. The molecule has 0 saturated heterocycles. The molecular formula is C26H24N4O2. The first-order valence-corrected chi connectivity index (χ1v) is 10.3. The minimum Gasteiger partial charge on any atom is -0.489 e. The van der Waals surface area contributed by atoms with Gasteiger partial charge in [-0.1, -0.05) is 30.3 Å². The van der Waals surface area contributed by atoms with Crippen molar-refractivity contribution < 1.29 is 9.53 Å². The van der Waals surface area contributed by atoms with Gasteiger partial charge in [0.1, 0.15) is 12.4 Å². The van der Waals surface area contributed by atoms with E-state index < -0.39 is 0 Å². The van der Waals surface area contributed by atoms with Gasteiger partial charge >= 0.3 is 0 Å². The van der Waals surface area contributed by atoms with E-state index in [9.17, 15) is 4.79 Å². The summed E-state index contributed by atoms with van der Waals surface area (Å²) in [6.45, 7) is 4.34. The zero-order chi connectivity index (χ0) is 22.3. The second kappa shape index (κ2) is 9.75. The highest BCUT2D eigenvalue weighted by atomic mass is 16.5. The van der Waals surface area contributed by atoms with Crippen LogP contribution in [0.1, 0.15) is 22.5 Å². The van der Waals surface area contributed by atoms with Gasteiger partial charge in [-0.2, -0.15) is 5.10 Å². The first kappa shape index (κ1) is 21.1. The zero-order valence-corrected chi connectivity index (χ0v) is 18.0. The number of benzene rings is 2. The molecule has 6 nitrogen and oxygen atoms in total. The van der Waals surface area contributed by atoms with Crippen LogP contribution in [0.15, 0.2) is 85.2 Å². The minimum atomic E-state index is -0.222. The molecule has 0 aliphatic carbocycles. The Labute approximate surface area is 187 Å². The van der Waals surface area contributed by atoms with Crippen LogP contribution in [0.2, 0.25) is 0 Å². The van der Waals surface area contributed by atoms with Gasteiger partial charge < -0.3 is 10.1 Å². The van der Waals surface area contributed by atoms with Crippen LogP contribution in [0.25, 0.3) is 11.8 Å². The summed E-state index contributed by atoms with van der Waals surface area (Å²) in [6, 6.07) is 21.1. The first-order chi connectivity index (χ1) is 15.6. The Morgan fingerprint density at radius 2 is 1.91 bits per heavy atom. The molecule has 32 heavy (non-hydrogen) atoms. The SMILES string of the molecule is Cc1nn(-c2ccccc2)c(C)c1/C=C/C(=O)Nc1cccc(OCc2cccnc2)c1. The lowest BCUT2D eigenvalue weighted by Crippen LogP contribution is -2.08. The number of hydrogen-bond donors (Lipinski definition) is 1. The van der Waals surface area contributed by atoms with E-state index in [2.05, 4.69) is 15.4 Å². The first-order valence-electron chi connectivity index (χ1n) is 10.3. The van der Waals surface area contributed by atoms with Crippen molar-refractivity contribution in [1.82, 2.24) is 14.8 Å². The summed E-state index contributed by atoms with van der Waals surface area (Å²) >= 11 is 0. The van der Waals surface area contributed by atoms with Crippen LogP contribution in [0.3, 0.4) is 0 Å². The molecule has 0 aliphatic rings. The molecule has 0 atom stereocenters. The third kappa shape index (κ3) is 5.10. The molecule has 0 spiro atoms. The number of hydrogen-bond acceptors (Lipinski definition) is 4. The largest absolute Gasteiger partial charge is 0.489 e. The lowest BCUT2D eigenvalue weighted by Gasteiger charge is -2.08. The van der Waals surface area contributed by atoms with Gasteiger partial charge in [-0.25, -0.2) is 4.68 Å². The Kier molecular flexibility index (Phi) is 6.41. The van der Waals surface area contributed by atoms with Crippen LogP contribution in [-0.4, -0.2) is 20.7 Å². The quantitative estimate of drug-likeness (QED) is 0.418. The maximum atomic E-state index is 12.5. The highest BCUT2D eigenvalue weighted by Crippen LogP contribution is 2.20. The predicted octanol–water partition coefficient (Wildman–Crippen LogP) is 5.12. The molecule has 4 aromatic rings. The molecule has 0 bridgehead atoms. The molecule has 2 aromatic carbocycles. The van der Waals surface area contributed by atoms with E-state index in [1.807, 2.05) is 79.2 Å². The molecule has 6 heteroatoms. The van der Waals surface area contributed by atoms with Gasteiger partial charge in [0.15, 0.2) is 0 Å². The van der Waals surface area contributed by atoms with Gasteiger partial charge in [0.25, 0.3) is 0 Å². The molecule has 0 saturated carbocycles. The smallest absolute Gasteiger partial charge is 0.248 e. The summed E-state index contributed by atoms with van der Waals surface area (Å²) in [7, 11) is 0. The molecule has 0 aliphatic heterocycles. The van der Waals surface area contributed by atoms with Crippen LogP contribution in [0.5, 0.6) is 5.75 Å². The maximum Gasteiger partial charge on any atom is 0.248 e. The van der Waals surface area contributed by atoms with Crippen molar-refractivity contribution in [2.45, 2.75) is 20.5 Å². The van der Waals surface area contributed by atoms with Crippen LogP contribution >= 0.6 is 0 Å². The lowest BCUT2D eigenvalue weighted by molar-refractivity contribution is -0.111. The molecular weight excluding hydrogens is 400 g/mol. The Bertz CT molecular complexity index is 1230. The standard InChI is InChI=1S/C26H24N4O2/c1-19-25(20(2)30(29-19)23-10-4-3-5-11-23)13-14-26(31)28-22-9-6-12-24(16-22)32-18-21-8-7-15-27-17-21/h3-17H,18H2,1-2H3,(H,28,31)/b14-13+. The average Bonchev–Trinajstić information content (AvgIpc) is 3.11. The van der Waals surface area contributed by atoms with Gasteiger partial charge in [0.05, 0.1) is 11.4 Å². The fourth-order valence-electron chi connectivity index (χ4n) is 3.37. The number of ether oxygens (including phenoxy) is 1. The van der Waals surface area contributed by atoms with Gasteiger partial charge in [0, 0.05) is 47.0 Å². The minimum absolute atomic E-state index is 0.222. The molecule has 2 aromatic heterocycles. The maximum absolute atomic E-state index is 12.5. The van der Waals surface area contributed by atoms with E-state index in [0.717, 1.165) is 28.2 Å². The number of aromatic nitrogens is 3. The summed E-state index contributed by atoms with van der Waals surface area (Å²) in [4.78, 5) is 16.6. The number of nitrogens with one attached hydrogen (secondary N) is 1. The van der Waals surface area contributed by atoms with E-state index in [-0.39, 0.29) is 5.91 Å². The fraction of sp³-hybridized carbons (Fsp3) is 0.115. The van der Waals surface area contributed by atoms with Crippen LogP contribution in [0.4, 0.5) is 5.69 Å². The molecule has 1 amide bonds. The number of amides is 1. The van der Waals surface area contributed by atoms with Gasteiger partial charge in [-0.3, -0.25) is 9.78 Å². The summed E-state index contributed by atoms with van der Waals surface area (Å²) in [5.74, 6) is 0.451. The Morgan fingerprint density at radius 3 is 2.69 bits per heavy atom. The number of nitrogens with zero attached hydrogens (tertiary/aromatic N) is 3. The van der Waals surface area contributed by atoms with Crippen molar-refractivity contribution in [3.63, 3.8) is 0 Å². The van der Waals surface area contributed by atoms with E-state index in [1.165, 1.54) is 6.08 Å². The van der Waals surface area contributed by atoms with Crippen molar-refractivity contribution in [2.75, 3.05) is 5.32 Å². The molecule has 0 unspecified atom stereocenters. The van der Waals surface area contributed by atoms with Crippen LogP contribution in [0, 0.1) is 13.8 Å². The highest BCUT2D eigenvalue weighted by molar-refractivity contribution is 6.02. The Morgan fingerprint density at radius 1 is 1.06 bits per heavy atom. The molecule has 2 heterocycles. The topological polar surface area (TPSA) is 69.0 Å². The van der Waals surface area contributed by atoms with Crippen molar-refractivity contribution in [2.24, 2.45) is 0 Å². The molecule has 4 rings (SSSR count). The number of carbonyl (C=O) groups excluding carboxylic acids is 1. The lowest BCUT2D eigenvalue weighted by atomic mass is 10.2. The summed E-state index contributed by atoms with van der Waals surface area (Å²) in [6.07, 6.45) is 6.81. The number of para-hydroxylation sites is 1. The van der Waals surface area contributed by atoms with Crippen molar-refractivity contribution >= 4 is 17.7 Å². The van der Waals surface area contributed by atoms with Gasteiger partial charge in [-0.15, -0.1) is 0 Å². The number of rotatable bonds is 7. The fourth-order valence-corrected chi connectivity index (χ4v) is 3.37. The highest BCUT2D eigenvalue weighted by Gasteiger charge is 2.11. The second-order valence-corrected chi connectivity index (χ2v) is 7.33. The van der Waals surface area contributed by atoms with E-state index >= 15 is 0 Å². The molecule has 160 valence electrons. The number of aryl methyl sites for hydroxylation is 1. The van der Waals surface area contributed by atoms with Gasteiger partial charge in [-0.05, 0) is 50.3 Å². The van der Waals surface area contributed by atoms with Crippen molar-refractivity contribution in [3.05, 3.63) is 108 Å². The zero-order valence-electron chi connectivity index (χ0n) is 18.0. The van der Waals surface area contributed by atoms with E-state index in [4.69, 9.17) is 4.74 Å². The van der Waals surface area contributed by atoms with Crippen LogP contribution in [-0.2, 0) is 11.4 Å². The third-order valence-corrected chi connectivity index (χ3v) is 4.98. The van der Waals surface area contributed by atoms with E-state index in [0.29, 0.717) is 18.0 Å². The van der Waals surface area contributed by atoms with Crippen LogP contribution < -0.4 is 10.1 Å². The summed E-state index contributed by atoms with van der Waals surface area (Å²) in [5.41, 5.74) is 5.39. The van der Waals surface area contributed by atoms with Crippen molar-refractivity contribution in [1.29, 1.82) is 0 Å². The normalized spacial score (nSPS) is 10.9. The Balaban J connectivity index is 1.41. The van der Waals surface area contributed by atoms with Gasteiger partial charge in [0.2, 0.25) is 5.91 Å².